The third kappa shape index (κ3) is 2.97. The molecule has 0 saturated heterocycles. The van der Waals surface area contributed by atoms with Crippen LogP contribution in [0.4, 0.5) is 0 Å². The van der Waals surface area contributed by atoms with Crippen LogP contribution >= 0.6 is 0 Å². The quantitative estimate of drug-likeness (QED) is 0.908. The Morgan fingerprint density at radius 2 is 1.84 bits per heavy atom. The average molecular weight is 339 g/mol. The first-order valence-corrected chi connectivity index (χ1v) is 8.33. The van der Waals surface area contributed by atoms with Crippen LogP contribution < -0.4 is 4.74 Å². The molecular weight excluding hydrogens is 318 g/mol. The Kier molecular flexibility index (Phi) is 4.74. The van der Waals surface area contributed by atoms with Crippen LogP contribution in [-0.2, 0) is 11.3 Å². The normalized spacial score (nSPS) is 19.4. The first-order chi connectivity index (χ1) is 12.1. The molecule has 1 N–H and O–H groups in total. The molecule has 2 aromatic rings. The first kappa shape index (κ1) is 17.0. The van der Waals surface area contributed by atoms with E-state index in [9.17, 15) is 14.7 Å². The van der Waals surface area contributed by atoms with Gasteiger partial charge in [-0.05, 0) is 24.1 Å². The van der Waals surface area contributed by atoms with Gasteiger partial charge >= 0.3 is 5.97 Å². The van der Waals surface area contributed by atoms with Gasteiger partial charge in [-0.25, -0.2) is 0 Å². The third-order valence-corrected chi connectivity index (χ3v) is 4.79. The zero-order valence-corrected chi connectivity index (χ0v) is 14.3. The van der Waals surface area contributed by atoms with Gasteiger partial charge in [-0.3, -0.25) is 9.59 Å². The van der Waals surface area contributed by atoms with E-state index in [2.05, 4.69) is 0 Å². The molecule has 0 saturated carbocycles. The highest BCUT2D eigenvalue weighted by molar-refractivity contribution is 6.00. The summed E-state index contributed by atoms with van der Waals surface area (Å²) in [4.78, 5) is 26.7. The average Bonchev–Trinajstić information content (AvgIpc) is 2.63. The van der Waals surface area contributed by atoms with E-state index in [1.807, 2.05) is 31.2 Å². The highest BCUT2D eigenvalue weighted by atomic mass is 16.5. The largest absolute Gasteiger partial charge is 0.496 e. The Labute approximate surface area is 146 Å². The molecule has 3 rings (SSSR count). The lowest BCUT2D eigenvalue weighted by molar-refractivity contribution is -0.140. The molecule has 2 atom stereocenters. The molecule has 1 amide bonds. The predicted octanol–water partition coefficient (Wildman–Crippen LogP) is 3.30. The van der Waals surface area contributed by atoms with Gasteiger partial charge in [-0.15, -0.1) is 0 Å². The van der Waals surface area contributed by atoms with E-state index in [0.717, 1.165) is 5.56 Å². The van der Waals surface area contributed by atoms with E-state index in [1.54, 1.807) is 36.3 Å². The van der Waals surface area contributed by atoms with Crippen LogP contribution in [0.5, 0.6) is 5.75 Å². The Balaban J connectivity index is 2.06. The van der Waals surface area contributed by atoms with Gasteiger partial charge < -0.3 is 14.7 Å². The summed E-state index contributed by atoms with van der Waals surface area (Å²) in [7, 11) is 1.59. The zero-order valence-electron chi connectivity index (χ0n) is 14.3. The molecule has 130 valence electrons. The smallest absolute Gasteiger partial charge is 0.313 e. The Bertz CT molecular complexity index is 802. The van der Waals surface area contributed by atoms with Gasteiger partial charge in [0.05, 0.1) is 7.11 Å². The minimum absolute atomic E-state index is 0.133. The van der Waals surface area contributed by atoms with Crippen molar-refractivity contribution in [2.75, 3.05) is 7.11 Å². The summed E-state index contributed by atoms with van der Waals surface area (Å²) in [5, 5.41) is 9.79. The Morgan fingerprint density at radius 3 is 2.52 bits per heavy atom. The maximum absolute atomic E-state index is 13.1. The molecule has 1 aliphatic heterocycles. The number of carbonyl (C=O) groups excluding carboxylic acids is 1. The second kappa shape index (κ2) is 6.97. The summed E-state index contributed by atoms with van der Waals surface area (Å²) in [5.41, 5.74) is 1.93. The van der Waals surface area contributed by atoms with Gasteiger partial charge in [0.2, 0.25) is 0 Å². The molecule has 5 heteroatoms. The van der Waals surface area contributed by atoms with E-state index in [4.69, 9.17) is 4.74 Å². The van der Waals surface area contributed by atoms with Crippen LogP contribution in [-0.4, -0.2) is 35.0 Å². The SMILES string of the molecule is CCC1C(C(=O)O)c2ccccc2C(=O)N1Cc1ccccc1OC. The molecule has 0 aromatic heterocycles. The summed E-state index contributed by atoms with van der Waals surface area (Å²) in [5.74, 6) is -1.08. The second-order valence-corrected chi connectivity index (χ2v) is 6.12. The maximum atomic E-state index is 13.1. The van der Waals surface area contributed by atoms with Crippen molar-refractivity contribution in [2.45, 2.75) is 31.8 Å². The number of carbonyl (C=O) groups is 2. The topological polar surface area (TPSA) is 66.8 Å². The second-order valence-electron chi connectivity index (χ2n) is 6.12. The number of fused-ring (bicyclic) bond motifs is 1. The van der Waals surface area contributed by atoms with Crippen molar-refractivity contribution in [1.29, 1.82) is 0 Å². The number of methoxy groups -OCH3 is 1. The summed E-state index contributed by atoms with van der Waals surface area (Å²) >= 11 is 0. The number of para-hydroxylation sites is 1. The minimum Gasteiger partial charge on any atom is -0.496 e. The number of amides is 1. The number of nitrogens with zero attached hydrogens (tertiary/aromatic N) is 1. The number of hydrogen-bond acceptors (Lipinski definition) is 3. The Hall–Kier alpha value is -2.82. The van der Waals surface area contributed by atoms with Gasteiger partial charge in [0, 0.05) is 23.7 Å². The monoisotopic (exact) mass is 339 g/mol. The van der Waals surface area contributed by atoms with E-state index >= 15 is 0 Å². The number of carboxylic acids is 1. The summed E-state index contributed by atoms with van der Waals surface area (Å²) < 4.78 is 5.38. The van der Waals surface area contributed by atoms with Crippen LogP contribution in [0.3, 0.4) is 0 Å². The fourth-order valence-corrected chi connectivity index (χ4v) is 3.62. The molecule has 1 aliphatic rings. The molecule has 0 radical (unpaired) electrons. The van der Waals surface area contributed by atoms with Gasteiger partial charge in [0.25, 0.3) is 5.91 Å². The van der Waals surface area contributed by atoms with Crippen LogP contribution in [0.1, 0.15) is 40.7 Å². The highest BCUT2D eigenvalue weighted by Crippen LogP contribution is 2.36. The van der Waals surface area contributed by atoms with Crippen LogP contribution in [0, 0.1) is 0 Å². The fraction of sp³-hybridized carbons (Fsp3) is 0.300. The maximum Gasteiger partial charge on any atom is 0.313 e. The minimum atomic E-state index is -0.906. The molecule has 0 fully saturated rings. The number of ether oxygens (including phenoxy) is 1. The van der Waals surface area contributed by atoms with E-state index in [-0.39, 0.29) is 5.91 Å². The van der Waals surface area contributed by atoms with Crippen molar-refractivity contribution >= 4 is 11.9 Å². The summed E-state index contributed by atoms with van der Waals surface area (Å²) in [6.07, 6.45) is 0.562. The third-order valence-electron chi connectivity index (χ3n) is 4.79. The number of aliphatic carboxylic acids is 1. The highest BCUT2D eigenvalue weighted by Gasteiger charge is 2.42. The van der Waals surface area contributed by atoms with Crippen LogP contribution in [0.25, 0.3) is 0 Å². The number of benzene rings is 2. The number of rotatable bonds is 5. The molecule has 25 heavy (non-hydrogen) atoms. The Morgan fingerprint density at radius 1 is 1.16 bits per heavy atom. The van der Waals surface area contributed by atoms with Crippen molar-refractivity contribution in [3.8, 4) is 5.75 Å². The molecule has 0 bridgehead atoms. The van der Waals surface area contributed by atoms with Crippen molar-refractivity contribution < 1.29 is 19.4 Å². The summed E-state index contributed by atoms with van der Waals surface area (Å²) in [6, 6.07) is 14.1. The van der Waals surface area contributed by atoms with Gasteiger partial charge in [0.15, 0.2) is 0 Å². The van der Waals surface area contributed by atoms with E-state index in [1.165, 1.54) is 0 Å². The molecule has 5 nitrogen and oxygen atoms in total. The molecule has 0 spiro atoms. The van der Waals surface area contributed by atoms with Crippen molar-refractivity contribution in [1.82, 2.24) is 4.90 Å². The van der Waals surface area contributed by atoms with Crippen LogP contribution in [0.2, 0.25) is 0 Å². The number of carboxylic acid groups (broad SMARTS) is 1. The molecule has 0 aliphatic carbocycles. The van der Waals surface area contributed by atoms with Crippen LogP contribution in [0.15, 0.2) is 48.5 Å². The summed E-state index contributed by atoms with van der Waals surface area (Å²) in [6.45, 7) is 2.23. The predicted molar refractivity (Wildman–Crippen MR) is 93.8 cm³/mol. The molecule has 2 aromatic carbocycles. The molecular formula is C20H21NO4. The van der Waals surface area contributed by atoms with Crippen molar-refractivity contribution in [3.63, 3.8) is 0 Å². The lowest BCUT2D eigenvalue weighted by atomic mass is 9.81. The van der Waals surface area contributed by atoms with Gasteiger partial charge in [-0.1, -0.05) is 43.3 Å². The van der Waals surface area contributed by atoms with E-state index in [0.29, 0.717) is 29.8 Å². The van der Waals surface area contributed by atoms with Gasteiger partial charge in [-0.2, -0.15) is 0 Å². The van der Waals surface area contributed by atoms with Crippen molar-refractivity contribution in [3.05, 3.63) is 65.2 Å². The lowest BCUT2D eigenvalue weighted by Crippen LogP contribution is -2.49. The first-order valence-electron chi connectivity index (χ1n) is 8.33. The van der Waals surface area contributed by atoms with Gasteiger partial charge in [0.1, 0.15) is 11.7 Å². The van der Waals surface area contributed by atoms with Crippen molar-refractivity contribution in [2.24, 2.45) is 0 Å². The number of hydrogen-bond donors (Lipinski definition) is 1. The lowest BCUT2D eigenvalue weighted by Gasteiger charge is -2.40. The standard InChI is InChI=1S/C20H21NO4/c1-3-16-18(20(23)24)14-9-5-6-10-15(14)19(22)21(16)12-13-8-4-7-11-17(13)25-2/h4-11,16,18H,3,12H2,1-2H3,(H,23,24). The molecule has 2 unspecified atom stereocenters. The molecule has 1 heterocycles. The van der Waals surface area contributed by atoms with E-state index < -0.39 is 17.9 Å². The zero-order chi connectivity index (χ0) is 18.0. The fourth-order valence-electron chi connectivity index (χ4n) is 3.62.